The molecule has 0 bridgehead atoms. The van der Waals surface area contributed by atoms with Crippen LogP contribution in [-0.2, 0) is 16.3 Å². The molecule has 2 aromatic rings. The summed E-state index contributed by atoms with van der Waals surface area (Å²) in [7, 11) is -2.08. The van der Waals surface area contributed by atoms with Crippen LogP contribution in [0.5, 0.6) is 0 Å². The van der Waals surface area contributed by atoms with Gasteiger partial charge in [-0.3, -0.25) is 4.99 Å². The fraction of sp³-hybridized carbons (Fsp3) is 0.412. The molecular weight excluding hydrogens is 375 g/mol. The Morgan fingerprint density at radius 3 is 2.54 bits per heavy atom. The Bertz CT molecular complexity index is 859. The van der Waals surface area contributed by atoms with Crippen molar-refractivity contribution < 1.29 is 12.8 Å². The monoisotopic (exact) mass is 398 g/mol. The van der Waals surface area contributed by atoms with E-state index in [1.165, 1.54) is 23.1 Å². The van der Waals surface area contributed by atoms with E-state index in [1.807, 2.05) is 13.8 Å². The number of aromatic nitrogens is 1. The number of benzene rings is 1. The highest BCUT2D eigenvalue weighted by Crippen LogP contribution is 2.16. The number of hydrogen-bond acceptors (Lipinski definition) is 5. The van der Waals surface area contributed by atoms with Gasteiger partial charge in [-0.25, -0.2) is 17.8 Å². The molecule has 0 spiro atoms. The predicted molar refractivity (Wildman–Crippen MR) is 103 cm³/mol. The quantitative estimate of drug-likeness (QED) is 0.551. The number of halogens is 1. The fourth-order valence-corrected chi connectivity index (χ4v) is 4.44. The molecule has 0 aliphatic rings. The summed E-state index contributed by atoms with van der Waals surface area (Å²) < 4.78 is 38.1. The van der Waals surface area contributed by atoms with Crippen LogP contribution in [0.1, 0.15) is 15.6 Å². The van der Waals surface area contributed by atoms with Gasteiger partial charge in [0, 0.05) is 31.4 Å². The minimum absolute atomic E-state index is 0.131. The normalized spacial score (nSPS) is 12.2. The molecule has 0 unspecified atom stereocenters. The van der Waals surface area contributed by atoms with Crippen molar-refractivity contribution in [2.24, 2.45) is 4.99 Å². The van der Waals surface area contributed by atoms with E-state index in [0.29, 0.717) is 12.5 Å². The van der Waals surface area contributed by atoms with E-state index in [4.69, 9.17) is 0 Å². The highest BCUT2D eigenvalue weighted by Gasteiger charge is 2.18. The lowest BCUT2D eigenvalue weighted by Crippen LogP contribution is -2.40. The van der Waals surface area contributed by atoms with Gasteiger partial charge in [-0.2, -0.15) is 0 Å². The van der Waals surface area contributed by atoms with Gasteiger partial charge in [0.15, 0.2) is 15.8 Å². The first-order chi connectivity index (χ1) is 12.3. The third-order valence-electron chi connectivity index (χ3n) is 3.76. The molecule has 2 N–H and O–H groups in total. The highest BCUT2D eigenvalue weighted by atomic mass is 32.2. The van der Waals surface area contributed by atoms with Crippen molar-refractivity contribution >= 4 is 27.1 Å². The Hall–Kier alpha value is -2.00. The number of rotatable bonds is 7. The minimum atomic E-state index is -3.69. The van der Waals surface area contributed by atoms with E-state index in [9.17, 15) is 12.8 Å². The smallest absolute Gasteiger partial charge is 0.191 e. The van der Waals surface area contributed by atoms with Crippen LogP contribution in [0.2, 0.25) is 0 Å². The van der Waals surface area contributed by atoms with Gasteiger partial charge in [-0.1, -0.05) is 12.1 Å². The third-order valence-corrected chi connectivity index (χ3v) is 6.64. The van der Waals surface area contributed by atoms with Gasteiger partial charge in [-0.05, 0) is 26.0 Å². The fourth-order valence-electron chi connectivity index (χ4n) is 2.27. The summed E-state index contributed by atoms with van der Waals surface area (Å²) in [6, 6.07) is 5.38. The number of aliphatic imine (C=N–C) groups is 1. The van der Waals surface area contributed by atoms with Crippen molar-refractivity contribution in [2.45, 2.75) is 25.2 Å². The average molecular weight is 399 g/mol. The maximum atomic E-state index is 13.7. The van der Waals surface area contributed by atoms with Crippen LogP contribution >= 0.6 is 11.3 Å². The predicted octanol–water partition coefficient (Wildman–Crippen LogP) is 2.08. The number of nitrogens with one attached hydrogen (secondary N) is 2. The van der Waals surface area contributed by atoms with Crippen LogP contribution in [0.25, 0.3) is 0 Å². The molecule has 1 heterocycles. The molecule has 0 aliphatic heterocycles. The van der Waals surface area contributed by atoms with Gasteiger partial charge in [0.1, 0.15) is 10.7 Å². The summed E-state index contributed by atoms with van der Waals surface area (Å²) >= 11 is 1.67. The van der Waals surface area contributed by atoms with Gasteiger partial charge < -0.3 is 10.6 Å². The van der Waals surface area contributed by atoms with Gasteiger partial charge >= 0.3 is 0 Å². The number of aryl methyl sites for hydroxylation is 2. The zero-order chi connectivity index (χ0) is 19.2. The molecule has 142 valence electrons. The van der Waals surface area contributed by atoms with E-state index in [1.54, 1.807) is 18.4 Å². The maximum Gasteiger partial charge on any atom is 0.191 e. The lowest BCUT2D eigenvalue weighted by molar-refractivity contribution is 0.566. The highest BCUT2D eigenvalue weighted by molar-refractivity contribution is 7.91. The van der Waals surface area contributed by atoms with Crippen molar-refractivity contribution in [3.8, 4) is 0 Å². The van der Waals surface area contributed by atoms with Gasteiger partial charge in [-0.15, -0.1) is 11.3 Å². The summed E-state index contributed by atoms with van der Waals surface area (Å²) in [4.78, 5) is 9.46. The number of nitrogens with zero attached hydrogens (tertiary/aromatic N) is 2. The van der Waals surface area contributed by atoms with Crippen LogP contribution in [0, 0.1) is 19.7 Å². The minimum Gasteiger partial charge on any atom is -0.356 e. The van der Waals surface area contributed by atoms with E-state index >= 15 is 0 Å². The third kappa shape index (κ3) is 5.50. The van der Waals surface area contributed by atoms with Crippen molar-refractivity contribution in [3.63, 3.8) is 0 Å². The molecule has 2 rings (SSSR count). The Kier molecular flexibility index (Phi) is 7.10. The zero-order valence-corrected chi connectivity index (χ0v) is 16.7. The second-order valence-electron chi connectivity index (χ2n) is 5.67. The summed E-state index contributed by atoms with van der Waals surface area (Å²) in [6.45, 7) is 4.79. The molecule has 6 nitrogen and oxygen atoms in total. The topological polar surface area (TPSA) is 83.4 Å². The Balaban J connectivity index is 1.81. The lowest BCUT2D eigenvalue weighted by atomic mass is 10.3. The number of hydrogen-bond donors (Lipinski definition) is 2. The molecule has 0 saturated carbocycles. The summed E-state index contributed by atoms with van der Waals surface area (Å²) in [5, 5.41) is 7.10. The summed E-state index contributed by atoms with van der Waals surface area (Å²) in [5.74, 6) is -0.456. The molecule has 1 aromatic heterocycles. The first kappa shape index (κ1) is 20.3. The molecule has 1 aromatic carbocycles. The molecule has 0 saturated heterocycles. The Morgan fingerprint density at radius 1 is 1.23 bits per heavy atom. The molecule has 0 radical (unpaired) electrons. The van der Waals surface area contributed by atoms with Gasteiger partial charge in [0.05, 0.1) is 16.5 Å². The lowest BCUT2D eigenvalue weighted by Gasteiger charge is -2.12. The van der Waals surface area contributed by atoms with Crippen LogP contribution in [0.15, 0.2) is 34.2 Å². The number of guanidine groups is 1. The molecule has 0 amide bonds. The van der Waals surface area contributed by atoms with Crippen molar-refractivity contribution in [1.82, 2.24) is 15.6 Å². The van der Waals surface area contributed by atoms with Gasteiger partial charge in [0.25, 0.3) is 0 Å². The molecular formula is C17H23FN4O2S2. The Morgan fingerprint density at radius 2 is 1.92 bits per heavy atom. The van der Waals surface area contributed by atoms with E-state index in [-0.39, 0.29) is 17.2 Å². The largest absolute Gasteiger partial charge is 0.356 e. The SMILES string of the molecule is CN=C(NCCc1nc(C)c(C)s1)NCCS(=O)(=O)c1ccccc1F. The van der Waals surface area contributed by atoms with Crippen LogP contribution in [0.4, 0.5) is 4.39 Å². The summed E-state index contributed by atoms with van der Waals surface area (Å²) in [6.07, 6.45) is 0.758. The number of sulfone groups is 1. The van der Waals surface area contributed by atoms with Crippen LogP contribution < -0.4 is 10.6 Å². The molecule has 0 aliphatic carbocycles. The van der Waals surface area contributed by atoms with E-state index < -0.39 is 15.7 Å². The van der Waals surface area contributed by atoms with Crippen LogP contribution in [-0.4, -0.2) is 45.3 Å². The van der Waals surface area contributed by atoms with Crippen molar-refractivity contribution in [2.75, 3.05) is 25.9 Å². The van der Waals surface area contributed by atoms with Crippen molar-refractivity contribution in [3.05, 3.63) is 45.7 Å². The maximum absolute atomic E-state index is 13.7. The first-order valence-electron chi connectivity index (χ1n) is 8.18. The van der Waals surface area contributed by atoms with E-state index in [0.717, 1.165) is 23.2 Å². The van der Waals surface area contributed by atoms with E-state index in [2.05, 4.69) is 20.6 Å². The molecule has 9 heteroatoms. The Labute approximate surface area is 157 Å². The number of thiazole rings is 1. The van der Waals surface area contributed by atoms with Crippen molar-refractivity contribution in [1.29, 1.82) is 0 Å². The standard InChI is InChI=1S/C17H23FN4O2S2/c1-12-13(2)25-16(22-12)8-9-20-17(19-3)21-10-11-26(23,24)15-7-5-4-6-14(15)18/h4-7H,8-11H2,1-3H3,(H2,19,20,21). The first-order valence-corrected chi connectivity index (χ1v) is 10.6. The van der Waals surface area contributed by atoms with Crippen LogP contribution in [0.3, 0.4) is 0 Å². The zero-order valence-electron chi connectivity index (χ0n) is 15.0. The molecule has 26 heavy (non-hydrogen) atoms. The second kappa shape index (κ2) is 9.09. The average Bonchev–Trinajstić information content (AvgIpc) is 2.91. The summed E-state index contributed by atoms with van der Waals surface area (Å²) in [5.41, 5.74) is 1.05. The molecule has 0 atom stereocenters. The van der Waals surface area contributed by atoms with Gasteiger partial charge in [0.2, 0.25) is 0 Å². The molecule has 0 fully saturated rings. The second-order valence-corrected chi connectivity index (χ2v) is 9.04.